The molecule has 0 aromatic rings. The SMILES string of the molecule is CCCC(C)(NC(=O)CCCOC(C)C)C(=O)O. The average molecular weight is 259 g/mol. The lowest BCUT2D eigenvalue weighted by Crippen LogP contribution is -2.52. The number of nitrogens with one attached hydrogen (secondary N) is 1. The maximum absolute atomic E-state index is 11.7. The van der Waals surface area contributed by atoms with Crippen molar-refractivity contribution in [2.75, 3.05) is 6.61 Å². The van der Waals surface area contributed by atoms with Gasteiger partial charge in [0.05, 0.1) is 6.10 Å². The van der Waals surface area contributed by atoms with Crippen molar-refractivity contribution in [1.82, 2.24) is 5.32 Å². The molecule has 1 amide bonds. The van der Waals surface area contributed by atoms with Gasteiger partial charge >= 0.3 is 5.97 Å². The van der Waals surface area contributed by atoms with Crippen LogP contribution in [-0.4, -0.2) is 35.2 Å². The van der Waals surface area contributed by atoms with Crippen LogP contribution >= 0.6 is 0 Å². The summed E-state index contributed by atoms with van der Waals surface area (Å²) in [7, 11) is 0. The van der Waals surface area contributed by atoms with Crippen LogP contribution in [0.25, 0.3) is 0 Å². The number of amides is 1. The van der Waals surface area contributed by atoms with E-state index in [0.29, 0.717) is 32.3 Å². The Balaban J connectivity index is 4.07. The van der Waals surface area contributed by atoms with E-state index in [1.807, 2.05) is 20.8 Å². The highest BCUT2D eigenvalue weighted by atomic mass is 16.5. The van der Waals surface area contributed by atoms with E-state index in [9.17, 15) is 9.59 Å². The lowest BCUT2D eigenvalue weighted by atomic mass is 9.96. The molecule has 0 fully saturated rings. The van der Waals surface area contributed by atoms with E-state index in [1.165, 1.54) is 0 Å². The molecule has 5 nitrogen and oxygen atoms in total. The van der Waals surface area contributed by atoms with Crippen molar-refractivity contribution in [1.29, 1.82) is 0 Å². The molecule has 18 heavy (non-hydrogen) atoms. The van der Waals surface area contributed by atoms with Crippen molar-refractivity contribution >= 4 is 11.9 Å². The molecule has 0 radical (unpaired) electrons. The van der Waals surface area contributed by atoms with Gasteiger partial charge in [0, 0.05) is 13.0 Å². The van der Waals surface area contributed by atoms with Crippen molar-refractivity contribution in [3.63, 3.8) is 0 Å². The maximum atomic E-state index is 11.7. The average Bonchev–Trinajstić information content (AvgIpc) is 2.24. The molecule has 0 aromatic carbocycles. The van der Waals surface area contributed by atoms with Crippen molar-refractivity contribution in [3.8, 4) is 0 Å². The zero-order chi connectivity index (χ0) is 14.2. The summed E-state index contributed by atoms with van der Waals surface area (Å²) in [5, 5.41) is 11.7. The monoisotopic (exact) mass is 259 g/mol. The zero-order valence-electron chi connectivity index (χ0n) is 11.8. The Labute approximate surface area is 109 Å². The minimum absolute atomic E-state index is 0.150. The van der Waals surface area contributed by atoms with Gasteiger partial charge in [0.2, 0.25) is 5.91 Å². The predicted molar refractivity (Wildman–Crippen MR) is 69.4 cm³/mol. The first-order valence-corrected chi connectivity index (χ1v) is 6.48. The molecule has 5 heteroatoms. The predicted octanol–water partition coefficient (Wildman–Crippen LogP) is 1.95. The highest BCUT2D eigenvalue weighted by molar-refractivity contribution is 5.86. The number of hydrogen-bond donors (Lipinski definition) is 2. The number of carbonyl (C=O) groups excluding carboxylic acids is 1. The fraction of sp³-hybridized carbons (Fsp3) is 0.846. The van der Waals surface area contributed by atoms with Crippen LogP contribution in [0.3, 0.4) is 0 Å². The minimum atomic E-state index is -1.16. The highest BCUT2D eigenvalue weighted by Crippen LogP contribution is 2.13. The van der Waals surface area contributed by atoms with Gasteiger partial charge in [-0.05, 0) is 33.6 Å². The molecule has 0 aliphatic heterocycles. The molecule has 0 rings (SSSR count). The first-order valence-electron chi connectivity index (χ1n) is 6.48. The molecular weight excluding hydrogens is 234 g/mol. The summed E-state index contributed by atoms with van der Waals surface area (Å²) in [6.07, 6.45) is 2.18. The quantitative estimate of drug-likeness (QED) is 0.621. The lowest BCUT2D eigenvalue weighted by molar-refractivity contribution is -0.147. The van der Waals surface area contributed by atoms with Crippen LogP contribution in [0.1, 0.15) is 53.4 Å². The van der Waals surface area contributed by atoms with Gasteiger partial charge in [0.15, 0.2) is 0 Å². The van der Waals surface area contributed by atoms with E-state index in [2.05, 4.69) is 5.32 Å². The molecule has 0 saturated carbocycles. The highest BCUT2D eigenvalue weighted by Gasteiger charge is 2.33. The molecule has 1 atom stereocenters. The number of rotatable bonds is 9. The van der Waals surface area contributed by atoms with Crippen molar-refractivity contribution < 1.29 is 19.4 Å². The minimum Gasteiger partial charge on any atom is -0.480 e. The van der Waals surface area contributed by atoms with Crippen LogP contribution in [0.2, 0.25) is 0 Å². The topological polar surface area (TPSA) is 75.6 Å². The second-order valence-electron chi connectivity index (χ2n) is 4.96. The van der Waals surface area contributed by atoms with Crippen LogP contribution in [-0.2, 0) is 14.3 Å². The largest absolute Gasteiger partial charge is 0.480 e. The third-order valence-corrected chi connectivity index (χ3v) is 2.64. The molecule has 1 unspecified atom stereocenters. The molecule has 0 aromatic heterocycles. The normalized spacial score (nSPS) is 14.3. The van der Waals surface area contributed by atoms with Gasteiger partial charge in [0.25, 0.3) is 0 Å². The summed E-state index contributed by atoms with van der Waals surface area (Å²) in [5.41, 5.74) is -1.16. The van der Waals surface area contributed by atoms with Crippen LogP contribution in [0.15, 0.2) is 0 Å². The lowest BCUT2D eigenvalue weighted by Gasteiger charge is -2.25. The van der Waals surface area contributed by atoms with Gasteiger partial charge in [-0.25, -0.2) is 4.79 Å². The van der Waals surface area contributed by atoms with Crippen LogP contribution in [0.5, 0.6) is 0 Å². The summed E-state index contributed by atoms with van der Waals surface area (Å²) in [6, 6.07) is 0. The molecule has 0 bridgehead atoms. The number of aliphatic carboxylic acids is 1. The van der Waals surface area contributed by atoms with E-state index >= 15 is 0 Å². The van der Waals surface area contributed by atoms with Gasteiger partial charge < -0.3 is 15.2 Å². The van der Waals surface area contributed by atoms with E-state index in [1.54, 1.807) is 6.92 Å². The van der Waals surface area contributed by atoms with E-state index in [4.69, 9.17) is 9.84 Å². The van der Waals surface area contributed by atoms with Crippen molar-refractivity contribution in [2.24, 2.45) is 0 Å². The van der Waals surface area contributed by atoms with Crippen LogP contribution < -0.4 is 5.32 Å². The first kappa shape index (κ1) is 16.9. The summed E-state index contributed by atoms with van der Waals surface area (Å²) < 4.78 is 5.32. The van der Waals surface area contributed by atoms with Crippen molar-refractivity contribution in [3.05, 3.63) is 0 Å². The Morgan fingerprint density at radius 3 is 2.44 bits per heavy atom. The smallest absolute Gasteiger partial charge is 0.329 e. The second-order valence-corrected chi connectivity index (χ2v) is 4.96. The Morgan fingerprint density at radius 2 is 2.00 bits per heavy atom. The van der Waals surface area contributed by atoms with E-state index in [-0.39, 0.29) is 12.0 Å². The molecule has 2 N–H and O–H groups in total. The van der Waals surface area contributed by atoms with Gasteiger partial charge in [-0.1, -0.05) is 13.3 Å². The molecule has 0 heterocycles. The Bertz CT molecular complexity index is 278. The standard InChI is InChI=1S/C13H25NO4/c1-5-8-13(4,12(16)17)14-11(15)7-6-9-18-10(2)3/h10H,5-9H2,1-4H3,(H,14,15)(H,16,17). The van der Waals surface area contributed by atoms with Gasteiger partial charge in [-0.15, -0.1) is 0 Å². The molecular formula is C13H25NO4. The first-order chi connectivity index (χ1) is 8.31. The Hall–Kier alpha value is -1.10. The van der Waals surface area contributed by atoms with Gasteiger partial charge in [-0.2, -0.15) is 0 Å². The molecule has 106 valence electrons. The third kappa shape index (κ3) is 6.59. The Morgan fingerprint density at radius 1 is 1.39 bits per heavy atom. The zero-order valence-corrected chi connectivity index (χ0v) is 11.8. The van der Waals surface area contributed by atoms with E-state index in [0.717, 1.165) is 0 Å². The Kier molecular flexibility index (Phi) is 7.59. The number of ether oxygens (including phenoxy) is 1. The third-order valence-electron chi connectivity index (χ3n) is 2.64. The summed E-state index contributed by atoms with van der Waals surface area (Å²) in [5.74, 6) is -1.23. The second kappa shape index (κ2) is 8.08. The number of carboxylic acid groups (broad SMARTS) is 1. The van der Waals surface area contributed by atoms with Gasteiger partial charge in [0.1, 0.15) is 5.54 Å². The summed E-state index contributed by atoms with van der Waals surface area (Å²) >= 11 is 0. The van der Waals surface area contributed by atoms with E-state index < -0.39 is 11.5 Å². The molecule has 0 spiro atoms. The molecule has 0 aliphatic rings. The maximum Gasteiger partial charge on any atom is 0.329 e. The van der Waals surface area contributed by atoms with Gasteiger partial charge in [-0.3, -0.25) is 4.79 Å². The van der Waals surface area contributed by atoms with Crippen LogP contribution in [0, 0.1) is 0 Å². The molecule has 0 aliphatic carbocycles. The number of carboxylic acids is 1. The van der Waals surface area contributed by atoms with Crippen LogP contribution in [0.4, 0.5) is 0 Å². The summed E-state index contributed by atoms with van der Waals surface area (Å²) in [6.45, 7) is 7.82. The fourth-order valence-corrected chi connectivity index (χ4v) is 1.64. The fourth-order valence-electron chi connectivity index (χ4n) is 1.64. The number of hydrogen-bond acceptors (Lipinski definition) is 3. The summed E-state index contributed by atoms with van der Waals surface area (Å²) in [4.78, 5) is 22.8. The number of carbonyl (C=O) groups is 2. The van der Waals surface area contributed by atoms with Crippen molar-refractivity contribution in [2.45, 2.75) is 65.0 Å². The molecule has 0 saturated heterocycles.